The molecule has 0 bridgehead atoms. The molecule has 2 aromatic carbocycles. The van der Waals surface area contributed by atoms with Crippen molar-refractivity contribution in [2.75, 3.05) is 6.61 Å². The Bertz CT molecular complexity index is 1110. The van der Waals surface area contributed by atoms with Crippen molar-refractivity contribution >= 4 is 16.9 Å². The summed E-state index contributed by atoms with van der Waals surface area (Å²) in [5.41, 5.74) is -1.98. The predicted molar refractivity (Wildman–Crippen MR) is 89.5 cm³/mol. The first-order valence-electron chi connectivity index (χ1n) is 7.96. The third-order valence-electron chi connectivity index (χ3n) is 3.99. The van der Waals surface area contributed by atoms with Crippen LogP contribution in [0.3, 0.4) is 0 Å². The van der Waals surface area contributed by atoms with Gasteiger partial charge in [-0.1, -0.05) is 18.2 Å². The van der Waals surface area contributed by atoms with Gasteiger partial charge in [0.15, 0.2) is 17.5 Å². The number of pyridine rings is 1. The zero-order valence-corrected chi connectivity index (χ0v) is 14.1. The summed E-state index contributed by atoms with van der Waals surface area (Å²) in [5, 5.41) is -0.548. The molecular formula is C19H13F4NO3. The van der Waals surface area contributed by atoms with Gasteiger partial charge in [-0.25, -0.2) is 22.4 Å². The van der Waals surface area contributed by atoms with Gasteiger partial charge in [0.25, 0.3) is 0 Å². The molecule has 0 unspecified atom stereocenters. The number of halogens is 4. The highest BCUT2D eigenvalue weighted by atomic mass is 19.2. The van der Waals surface area contributed by atoms with E-state index in [9.17, 15) is 27.2 Å². The van der Waals surface area contributed by atoms with E-state index in [1.54, 1.807) is 0 Å². The van der Waals surface area contributed by atoms with Gasteiger partial charge in [0.1, 0.15) is 11.4 Å². The van der Waals surface area contributed by atoms with Crippen molar-refractivity contribution in [1.29, 1.82) is 0 Å². The van der Waals surface area contributed by atoms with Gasteiger partial charge in [-0.2, -0.15) is 0 Å². The maximum absolute atomic E-state index is 14.4. The summed E-state index contributed by atoms with van der Waals surface area (Å²) in [5.74, 6) is -6.57. The van der Waals surface area contributed by atoms with Crippen LogP contribution in [0, 0.1) is 23.3 Å². The maximum Gasteiger partial charge on any atom is 0.343 e. The van der Waals surface area contributed by atoms with Crippen molar-refractivity contribution in [3.05, 3.63) is 81.1 Å². The number of nitrogens with zero attached hydrogens (tertiary/aromatic N) is 1. The number of aromatic nitrogens is 1. The van der Waals surface area contributed by atoms with Gasteiger partial charge in [0, 0.05) is 11.8 Å². The summed E-state index contributed by atoms with van der Waals surface area (Å²) in [6.45, 7) is 1.17. The fraction of sp³-hybridized carbons (Fsp3) is 0.158. The van der Waals surface area contributed by atoms with Crippen LogP contribution in [0.5, 0.6) is 0 Å². The Morgan fingerprint density at radius 2 is 1.78 bits per heavy atom. The molecule has 1 aromatic heterocycles. The van der Waals surface area contributed by atoms with Gasteiger partial charge in [0.2, 0.25) is 5.43 Å². The largest absolute Gasteiger partial charge is 0.462 e. The van der Waals surface area contributed by atoms with E-state index < -0.39 is 51.1 Å². The number of rotatable bonds is 4. The molecule has 0 aliphatic carbocycles. The Morgan fingerprint density at radius 3 is 2.44 bits per heavy atom. The van der Waals surface area contributed by atoms with E-state index in [1.165, 1.54) is 31.2 Å². The minimum Gasteiger partial charge on any atom is -0.462 e. The van der Waals surface area contributed by atoms with E-state index in [-0.39, 0.29) is 18.7 Å². The van der Waals surface area contributed by atoms with E-state index in [2.05, 4.69) is 0 Å². The molecule has 0 saturated carbocycles. The first-order chi connectivity index (χ1) is 12.8. The number of carbonyl (C=O) groups is 1. The lowest BCUT2D eigenvalue weighted by Crippen LogP contribution is -2.22. The van der Waals surface area contributed by atoms with Crippen LogP contribution in [0.15, 0.2) is 41.3 Å². The molecule has 0 amide bonds. The van der Waals surface area contributed by atoms with Crippen LogP contribution >= 0.6 is 0 Å². The SMILES string of the molecule is CCOC(=O)c1cn(Cc2ccccc2F)c2c(F)c(F)c(F)cc2c1=O. The second kappa shape index (κ2) is 7.22. The monoisotopic (exact) mass is 379 g/mol. The number of carbonyl (C=O) groups excluding carboxylic acids is 1. The van der Waals surface area contributed by atoms with Gasteiger partial charge in [-0.15, -0.1) is 0 Å². The molecule has 0 atom stereocenters. The summed E-state index contributed by atoms with van der Waals surface area (Å²) >= 11 is 0. The van der Waals surface area contributed by atoms with Crippen molar-refractivity contribution in [2.45, 2.75) is 13.5 Å². The fourth-order valence-electron chi connectivity index (χ4n) is 2.75. The lowest BCUT2D eigenvalue weighted by atomic mass is 10.1. The van der Waals surface area contributed by atoms with E-state index in [1.807, 2.05) is 0 Å². The van der Waals surface area contributed by atoms with Crippen LogP contribution in [0.4, 0.5) is 17.6 Å². The molecular weight excluding hydrogens is 366 g/mol. The van der Waals surface area contributed by atoms with E-state index in [4.69, 9.17) is 4.74 Å². The summed E-state index contributed by atoms with van der Waals surface area (Å²) < 4.78 is 61.5. The van der Waals surface area contributed by atoms with Crippen molar-refractivity contribution < 1.29 is 27.1 Å². The smallest absolute Gasteiger partial charge is 0.343 e. The third-order valence-corrected chi connectivity index (χ3v) is 3.99. The molecule has 0 spiro atoms. The lowest BCUT2D eigenvalue weighted by Gasteiger charge is -2.15. The summed E-state index contributed by atoms with van der Waals surface area (Å²) in [6.07, 6.45) is 0.954. The normalized spacial score (nSPS) is 11.0. The Morgan fingerprint density at radius 1 is 1.07 bits per heavy atom. The molecule has 3 rings (SSSR count). The van der Waals surface area contributed by atoms with Crippen LogP contribution in [-0.2, 0) is 11.3 Å². The molecule has 0 aliphatic rings. The quantitative estimate of drug-likeness (QED) is 0.394. The Balaban J connectivity index is 2.34. The number of benzene rings is 2. The zero-order valence-electron chi connectivity index (χ0n) is 14.1. The molecule has 8 heteroatoms. The molecule has 1 heterocycles. The summed E-state index contributed by atoms with van der Waals surface area (Å²) in [7, 11) is 0. The van der Waals surface area contributed by atoms with Gasteiger partial charge >= 0.3 is 5.97 Å². The van der Waals surface area contributed by atoms with Gasteiger partial charge in [0.05, 0.1) is 24.1 Å². The van der Waals surface area contributed by atoms with Crippen LogP contribution < -0.4 is 5.43 Å². The molecule has 140 valence electrons. The highest BCUT2D eigenvalue weighted by molar-refractivity contribution is 5.94. The standard InChI is InChI=1S/C19H13F4NO3/c1-2-27-19(26)12-9-24(8-10-5-3-4-6-13(10)20)17-11(18(12)25)7-14(21)15(22)16(17)23/h3-7,9H,2,8H2,1H3. The molecule has 0 saturated heterocycles. The van der Waals surface area contributed by atoms with Crippen molar-refractivity contribution in [1.82, 2.24) is 4.57 Å². The van der Waals surface area contributed by atoms with Crippen LogP contribution in [-0.4, -0.2) is 17.1 Å². The molecule has 27 heavy (non-hydrogen) atoms. The van der Waals surface area contributed by atoms with Crippen LogP contribution in [0.25, 0.3) is 10.9 Å². The first kappa shape index (κ1) is 18.6. The minimum atomic E-state index is -1.77. The molecule has 0 aliphatic heterocycles. The molecule has 3 aromatic rings. The lowest BCUT2D eigenvalue weighted by molar-refractivity contribution is 0.0524. The average Bonchev–Trinajstić information content (AvgIpc) is 2.64. The second-order valence-corrected chi connectivity index (χ2v) is 5.69. The minimum absolute atomic E-state index is 0.0320. The predicted octanol–water partition coefficient (Wildman–Crippen LogP) is 3.78. The Kier molecular flexibility index (Phi) is 4.98. The fourth-order valence-corrected chi connectivity index (χ4v) is 2.75. The van der Waals surface area contributed by atoms with Crippen molar-refractivity contribution in [2.24, 2.45) is 0 Å². The van der Waals surface area contributed by atoms with Crippen LogP contribution in [0.2, 0.25) is 0 Å². The Labute approximate surface area is 150 Å². The number of fused-ring (bicyclic) bond motifs is 1. The summed E-state index contributed by atoms with van der Waals surface area (Å²) in [4.78, 5) is 24.5. The number of hydrogen-bond acceptors (Lipinski definition) is 3. The van der Waals surface area contributed by atoms with E-state index in [0.717, 1.165) is 10.8 Å². The van der Waals surface area contributed by atoms with Gasteiger partial charge in [-0.3, -0.25) is 4.79 Å². The highest BCUT2D eigenvalue weighted by Gasteiger charge is 2.23. The molecule has 0 fully saturated rings. The summed E-state index contributed by atoms with van der Waals surface area (Å²) in [6, 6.07) is 6.06. The second-order valence-electron chi connectivity index (χ2n) is 5.69. The molecule has 0 radical (unpaired) electrons. The van der Waals surface area contributed by atoms with E-state index in [0.29, 0.717) is 6.07 Å². The van der Waals surface area contributed by atoms with E-state index >= 15 is 0 Å². The first-order valence-corrected chi connectivity index (χ1v) is 7.96. The molecule has 0 N–H and O–H groups in total. The van der Waals surface area contributed by atoms with Gasteiger partial charge < -0.3 is 9.30 Å². The zero-order chi connectivity index (χ0) is 19.7. The van der Waals surface area contributed by atoms with Gasteiger partial charge in [-0.05, 0) is 19.1 Å². The number of ether oxygens (including phenoxy) is 1. The topological polar surface area (TPSA) is 48.3 Å². The maximum atomic E-state index is 14.4. The molecule has 4 nitrogen and oxygen atoms in total. The third kappa shape index (κ3) is 3.30. The number of esters is 1. The Hall–Kier alpha value is -3.16. The van der Waals surface area contributed by atoms with Crippen molar-refractivity contribution in [3.8, 4) is 0 Å². The van der Waals surface area contributed by atoms with Crippen LogP contribution in [0.1, 0.15) is 22.8 Å². The highest BCUT2D eigenvalue weighted by Crippen LogP contribution is 2.23. The number of hydrogen-bond donors (Lipinski definition) is 0. The van der Waals surface area contributed by atoms with Crippen molar-refractivity contribution in [3.63, 3.8) is 0 Å². The average molecular weight is 379 g/mol.